The molecule has 0 fully saturated rings. The van der Waals surface area contributed by atoms with Gasteiger partial charge in [0.25, 0.3) is 0 Å². The van der Waals surface area contributed by atoms with Gasteiger partial charge in [-0.15, -0.1) is 0 Å². The molecule has 0 bridgehead atoms. The molecule has 0 aliphatic rings. The molecule has 70 valence electrons. The van der Waals surface area contributed by atoms with Crippen molar-refractivity contribution in [3.05, 3.63) is 42.6 Å². The number of phenolic OH excluding ortho intramolecular Hbond substituents is 1. The summed E-state index contributed by atoms with van der Waals surface area (Å²) in [6.45, 7) is 0. The van der Waals surface area contributed by atoms with Gasteiger partial charge in [-0.3, -0.25) is 4.98 Å². The molecular weight excluding hydrogens is 176 g/mol. The maximum atomic E-state index is 9.28. The van der Waals surface area contributed by atoms with Crippen LogP contribution in [0.1, 0.15) is 0 Å². The minimum atomic E-state index is 0.237. The number of hydrogen-bond donors (Lipinski definition) is 2. The number of phenols is 1. The number of rotatable bonds is 1. The van der Waals surface area contributed by atoms with Crippen LogP contribution in [0, 0.1) is 0 Å². The van der Waals surface area contributed by atoms with E-state index in [1.165, 1.54) is 0 Å². The number of anilines is 1. The van der Waals surface area contributed by atoms with Gasteiger partial charge < -0.3 is 10.8 Å². The topological polar surface area (TPSA) is 59.1 Å². The largest absolute Gasteiger partial charge is 0.508 e. The Morgan fingerprint density at radius 1 is 1.14 bits per heavy atom. The number of pyridine rings is 1. The first kappa shape index (κ1) is 8.56. The van der Waals surface area contributed by atoms with E-state index in [1.54, 1.807) is 30.5 Å². The van der Waals surface area contributed by atoms with E-state index in [9.17, 15) is 5.11 Å². The summed E-state index contributed by atoms with van der Waals surface area (Å²) in [5, 5.41) is 9.28. The molecule has 3 N–H and O–H groups in total. The van der Waals surface area contributed by atoms with Gasteiger partial charge in [0.1, 0.15) is 5.75 Å². The SMILES string of the molecule is Nc1ccc(-c2cccc(O)c2)nc1. The van der Waals surface area contributed by atoms with Gasteiger partial charge in [-0.25, -0.2) is 0 Å². The van der Waals surface area contributed by atoms with Crippen LogP contribution in [0.4, 0.5) is 5.69 Å². The van der Waals surface area contributed by atoms with Gasteiger partial charge in [0.05, 0.1) is 17.6 Å². The Balaban J connectivity index is 2.44. The highest BCUT2D eigenvalue weighted by atomic mass is 16.3. The van der Waals surface area contributed by atoms with Crippen molar-refractivity contribution in [1.82, 2.24) is 4.98 Å². The van der Waals surface area contributed by atoms with Crippen LogP contribution < -0.4 is 5.73 Å². The number of aromatic hydroxyl groups is 1. The van der Waals surface area contributed by atoms with Crippen LogP contribution in [0.5, 0.6) is 5.75 Å². The third kappa shape index (κ3) is 1.66. The van der Waals surface area contributed by atoms with Gasteiger partial charge in [-0.1, -0.05) is 12.1 Å². The Kier molecular flexibility index (Phi) is 2.07. The molecule has 0 atom stereocenters. The molecule has 0 spiro atoms. The lowest BCUT2D eigenvalue weighted by atomic mass is 10.1. The fraction of sp³-hybridized carbons (Fsp3) is 0. The van der Waals surface area contributed by atoms with Crippen molar-refractivity contribution >= 4 is 5.69 Å². The monoisotopic (exact) mass is 186 g/mol. The molecule has 3 nitrogen and oxygen atoms in total. The minimum absolute atomic E-state index is 0.237. The van der Waals surface area contributed by atoms with Crippen LogP contribution >= 0.6 is 0 Å². The van der Waals surface area contributed by atoms with Crippen molar-refractivity contribution in [3.8, 4) is 17.0 Å². The quantitative estimate of drug-likeness (QED) is 0.716. The van der Waals surface area contributed by atoms with Gasteiger partial charge in [0.2, 0.25) is 0 Å². The fourth-order valence-corrected chi connectivity index (χ4v) is 1.24. The van der Waals surface area contributed by atoms with Gasteiger partial charge in [-0.2, -0.15) is 0 Å². The molecule has 14 heavy (non-hydrogen) atoms. The van der Waals surface area contributed by atoms with Crippen molar-refractivity contribution in [2.24, 2.45) is 0 Å². The molecule has 0 unspecified atom stereocenters. The number of nitrogens with zero attached hydrogens (tertiary/aromatic N) is 1. The summed E-state index contributed by atoms with van der Waals surface area (Å²) in [6, 6.07) is 10.6. The fourth-order valence-electron chi connectivity index (χ4n) is 1.24. The summed E-state index contributed by atoms with van der Waals surface area (Å²) in [7, 11) is 0. The zero-order chi connectivity index (χ0) is 9.97. The second-order valence-corrected chi connectivity index (χ2v) is 3.03. The molecule has 2 rings (SSSR count). The lowest BCUT2D eigenvalue weighted by molar-refractivity contribution is 0.475. The van der Waals surface area contributed by atoms with Crippen molar-refractivity contribution in [3.63, 3.8) is 0 Å². The molecule has 2 aromatic rings. The third-order valence-corrected chi connectivity index (χ3v) is 1.93. The molecule has 1 heterocycles. The molecule has 1 aromatic heterocycles. The first-order valence-corrected chi connectivity index (χ1v) is 4.26. The summed E-state index contributed by atoms with van der Waals surface area (Å²) >= 11 is 0. The zero-order valence-corrected chi connectivity index (χ0v) is 7.51. The second-order valence-electron chi connectivity index (χ2n) is 3.03. The standard InChI is InChI=1S/C11H10N2O/c12-9-4-5-11(13-7-9)8-2-1-3-10(14)6-8/h1-7,14H,12H2. The molecule has 0 amide bonds. The summed E-state index contributed by atoms with van der Waals surface area (Å²) in [5.41, 5.74) is 7.84. The van der Waals surface area contributed by atoms with Gasteiger partial charge in [0, 0.05) is 5.56 Å². The molecule has 0 saturated carbocycles. The molecule has 1 aromatic carbocycles. The third-order valence-electron chi connectivity index (χ3n) is 1.93. The van der Waals surface area contributed by atoms with Crippen LogP contribution in [-0.4, -0.2) is 10.1 Å². The van der Waals surface area contributed by atoms with E-state index in [-0.39, 0.29) is 5.75 Å². The normalized spacial score (nSPS) is 10.0. The van der Waals surface area contributed by atoms with Crippen LogP contribution in [0.25, 0.3) is 11.3 Å². The Bertz CT molecular complexity index is 437. The lowest BCUT2D eigenvalue weighted by Crippen LogP contribution is -1.87. The van der Waals surface area contributed by atoms with Gasteiger partial charge >= 0.3 is 0 Å². The minimum Gasteiger partial charge on any atom is -0.508 e. The number of nitrogen functional groups attached to an aromatic ring is 1. The first-order valence-electron chi connectivity index (χ1n) is 4.26. The Hall–Kier alpha value is -2.03. The van der Waals surface area contributed by atoms with E-state index in [0.29, 0.717) is 5.69 Å². The summed E-state index contributed by atoms with van der Waals surface area (Å²) in [6.07, 6.45) is 1.60. The Morgan fingerprint density at radius 3 is 2.64 bits per heavy atom. The second kappa shape index (κ2) is 3.38. The number of hydrogen-bond acceptors (Lipinski definition) is 3. The highest BCUT2D eigenvalue weighted by Crippen LogP contribution is 2.21. The highest BCUT2D eigenvalue weighted by molar-refractivity contribution is 5.62. The molecule has 3 heteroatoms. The van der Waals surface area contributed by atoms with Crippen molar-refractivity contribution in [2.75, 3.05) is 5.73 Å². The maximum absolute atomic E-state index is 9.28. The van der Waals surface area contributed by atoms with E-state index >= 15 is 0 Å². The number of aromatic nitrogens is 1. The van der Waals surface area contributed by atoms with Crippen molar-refractivity contribution in [2.45, 2.75) is 0 Å². The summed E-state index contributed by atoms with van der Waals surface area (Å²) < 4.78 is 0. The van der Waals surface area contributed by atoms with Crippen LogP contribution in [0.3, 0.4) is 0 Å². The van der Waals surface area contributed by atoms with E-state index in [1.807, 2.05) is 12.1 Å². The molecule has 0 aliphatic carbocycles. The summed E-state index contributed by atoms with van der Waals surface area (Å²) in [4.78, 5) is 4.15. The van der Waals surface area contributed by atoms with E-state index < -0.39 is 0 Å². The molecular formula is C11H10N2O. The maximum Gasteiger partial charge on any atom is 0.116 e. The van der Waals surface area contributed by atoms with Gasteiger partial charge in [-0.05, 0) is 24.3 Å². The Morgan fingerprint density at radius 2 is 2.00 bits per heavy atom. The van der Waals surface area contributed by atoms with Crippen LogP contribution in [-0.2, 0) is 0 Å². The number of benzene rings is 1. The predicted octanol–water partition coefficient (Wildman–Crippen LogP) is 2.04. The average Bonchev–Trinajstić information content (AvgIpc) is 2.19. The molecule has 0 saturated heterocycles. The summed E-state index contributed by atoms with van der Waals surface area (Å²) in [5.74, 6) is 0.237. The smallest absolute Gasteiger partial charge is 0.116 e. The highest BCUT2D eigenvalue weighted by Gasteiger charge is 1.98. The average molecular weight is 186 g/mol. The van der Waals surface area contributed by atoms with Crippen molar-refractivity contribution in [1.29, 1.82) is 0 Å². The van der Waals surface area contributed by atoms with Crippen LogP contribution in [0.2, 0.25) is 0 Å². The van der Waals surface area contributed by atoms with Crippen LogP contribution in [0.15, 0.2) is 42.6 Å². The first-order chi connectivity index (χ1) is 6.75. The van der Waals surface area contributed by atoms with Crippen molar-refractivity contribution < 1.29 is 5.11 Å². The zero-order valence-electron chi connectivity index (χ0n) is 7.51. The van der Waals surface area contributed by atoms with E-state index in [0.717, 1.165) is 11.3 Å². The predicted molar refractivity (Wildman–Crippen MR) is 55.8 cm³/mol. The van der Waals surface area contributed by atoms with Gasteiger partial charge in [0.15, 0.2) is 0 Å². The van der Waals surface area contributed by atoms with E-state index in [2.05, 4.69) is 4.98 Å². The Labute approximate surface area is 81.8 Å². The number of nitrogens with two attached hydrogens (primary N) is 1. The molecule has 0 radical (unpaired) electrons. The molecule has 0 aliphatic heterocycles. The lowest BCUT2D eigenvalue weighted by Gasteiger charge is -2.01. The van der Waals surface area contributed by atoms with E-state index in [4.69, 9.17) is 5.73 Å².